The van der Waals surface area contributed by atoms with Crippen LogP contribution in [0.2, 0.25) is 0 Å². The molecule has 7 aliphatic rings. The van der Waals surface area contributed by atoms with E-state index in [1.807, 2.05) is 0 Å². The zero-order valence-corrected chi connectivity index (χ0v) is 23.6. The summed E-state index contributed by atoms with van der Waals surface area (Å²) in [5.41, 5.74) is 2.70. The monoisotopic (exact) mass is 567 g/mol. The molecule has 0 radical (unpaired) electrons. The lowest BCUT2D eigenvalue weighted by Crippen LogP contribution is -2.64. The Morgan fingerprint density at radius 2 is 1.38 bits per heavy atom. The summed E-state index contributed by atoms with van der Waals surface area (Å²) in [6.07, 6.45) is 11.2. The molecule has 7 fully saturated rings. The van der Waals surface area contributed by atoms with Gasteiger partial charge in [0, 0.05) is 44.3 Å². The van der Waals surface area contributed by atoms with Gasteiger partial charge in [-0.15, -0.1) is 0 Å². The third-order valence-corrected chi connectivity index (χ3v) is 10.0. The van der Waals surface area contributed by atoms with Crippen molar-refractivity contribution in [2.24, 2.45) is 23.7 Å². The summed E-state index contributed by atoms with van der Waals surface area (Å²) in [5.74, 6) is 1.62. The molecule has 2 saturated heterocycles. The molecule has 5 aliphatic carbocycles. The molecular weight excluding hydrogens is 525 g/mol. The lowest BCUT2D eigenvalue weighted by atomic mass is 9.53. The second-order valence-electron chi connectivity index (χ2n) is 13.0. The molecule has 8 nitrogen and oxygen atoms in total. The standard InChI is InChI=1S/C28H38FNO4.CH4O3S/c29-26-7-11-30(12-8-26)18-19-1-3-22(4-2-19)23-5-9-27(10-6-23)31-33-28(34-32-27)24-14-20-13-21(16-24)17-25(28)15-20;1-5(2,3)4/h1-4,20-21,23-26H,5-18H2;1H3,(H,2,3,4). The van der Waals surface area contributed by atoms with Crippen LogP contribution >= 0.6 is 0 Å². The van der Waals surface area contributed by atoms with Crippen molar-refractivity contribution in [3.8, 4) is 0 Å². The number of benzene rings is 1. The van der Waals surface area contributed by atoms with Crippen LogP contribution in [-0.4, -0.2) is 55.0 Å². The van der Waals surface area contributed by atoms with Crippen molar-refractivity contribution in [3.63, 3.8) is 0 Å². The van der Waals surface area contributed by atoms with Crippen molar-refractivity contribution in [3.05, 3.63) is 35.4 Å². The van der Waals surface area contributed by atoms with Crippen LogP contribution in [0, 0.1) is 23.7 Å². The van der Waals surface area contributed by atoms with Crippen LogP contribution in [0.25, 0.3) is 0 Å². The van der Waals surface area contributed by atoms with Gasteiger partial charge in [0.15, 0.2) is 0 Å². The molecule has 1 aromatic rings. The summed E-state index contributed by atoms with van der Waals surface area (Å²) in [6, 6.07) is 9.05. The Bertz CT molecular complexity index is 1050. The van der Waals surface area contributed by atoms with E-state index in [4.69, 9.17) is 24.1 Å². The predicted molar refractivity (Wildman–Crippen MR) is 141 cm³/mol. The van der Waals surface area contributed by atoms with Gasteiger partial charge in [0.25, 0.3) is 10.1 Å². The van der Waals surface area contributed by atoms with Crippen molar-refractivity contribution in [1.82, 2.24) is 4.90 Å². The van der Waals surface area contributed by atoms with Gasteiger partial charge in [-0.3, -0.25) is 9.45 Å². The first-order valence-electron chi connectivity index (χ1n) is 14.7. The zero-order valence-electron chi connectivity index (χ0n) is 22.8. The quantitative estimate of drug-likeness (QED) is 0.376. The average Bonchev–Trinajstić information content (AvgIpc) is 2.90. The first kappa shape index (κ1) is 28.0. The number of alkyl halides is 1. The Balaban J connectivity index is 0.000000510. The molecule has 0 amide bonds. The van der Waals surface area contributed by atoms with Gasteiger partial charge in [-0.25, -0.2) is 4.39 Å². The van der Waals surface area contributed by atoms with Gasteiger partial charge in [-0.1, -0.05) is 24.3 Å². The minimum Gasteiger partial charge on any atom is -0.299 e. The van der Waals surface area contributed by atoms with Gasteiger partial charge in [-0.05, 0) is 86.7 Å². The molecule has 4 bridgehead atoms. The molecule has 39 heavy (non-hydrogen) atoms. The minimum absolute atomic E-state index is 0.416. The summed E-state index contributed by atoms with van der Waals surface area (Å²) in [6.45, 7) is 2.64. The highest BCUT2D eigenvalue weighted by Gasteiger charge is 2.64. The highest BCUT2D eigenvalue weighted by Crippen LogP contribution is 2.62. The van der Waals surface area contributed by atoms with Crippen LogP contribution in [-0.2, 0) is 36.2 Å². The summed E-state index contributed by atoms with van der Waals surface area (Å²) >= 11 is 0. The molecule has 5 saturated carbocycles. The normalized spacial score (nSPS) is 40.5. The number of hydrogen-bond donors (Lipinski definition) is 1. The van der Waals surface area contributed by atoms with E-state index in [1.54, 1.807) is 0 Å². The smallest absolute Gasteiger partial charge is 0.261 e. The topological polar surface area (TPSA) is 94.5 Å². The van der Waals surface area contributed by atoms with Crippen LogP contribution in [0.5, 0.6) is 0 Å². The number of piperidine rings is 1. The first-order chi connectivity index (χ1) is 18.6. The van der Waals surface area contributed by atoms with Crippen molar-refractivity contribution in [2.75, 3.05) is 19.3 Å². The number of hydrogen-bond acceptors (Lipinski definition) is 7. The number of halogens is 1. The molecule has 218 valence electrons. The molecule has 1 aromatic carbocycles. The third-order valence-electron chi connectivity index (χ3n) is 10.0. The van der Waals surface area contributed by atoms with E-state index in [1.165, 1.54) is 43.2 Å². The molecule has 2 spiro atoms. The molecule has 0 unspecified atom stereocenters. The number of likely N-dealkylation sites (tertiary alicyclic amines) is 1. The highest BCUT2D eigenvalue weighted by molar-refractivity contribution is 7.85. The molecule has 0 aromatic heterocycles. The van der Waals surface area contributed by atoms with E-state index in [9.17, 15) is 12.8 Å². The highest BCUT2D eigenvalue weighted by atomic mass is 32.2. The Morgan fingerprint density at radius 1 is 0.872 bits per heavy atom. The average molecular weight is 568 g/mol. The van der Waals surface area contributed by atoms with Gasteiger partial charge in [-0.2, -0.15) is 28.0 Å². The molecule has 1 N–H and O–H groups in total. The van der Waals surface area contributed by atoms with Crippen LogP contribution in [0.3, 0.4) is 0 Å². The van der Waals surface area contributed by atoms with E-state index in [2.05, 4.69) is 29.2 Å². The lowest BCUT2D eigenvalue weighted by Gasteiger charge is -2.60. The number of nitrogens with zero attached hydrogens (tertiary/aromatic N) is 1. The van der Waals surface area contributed by atoms with Crippen LogP contribution in [0.4, 0.5) is 4.39 Å². The second kappa shape index (κ2) is 10.9. The zero-order chi connectivity index (χ0) is 27.3. The molecule has 8 rings (SSSR count). The Hall–Kier alpha value is -1.14. The van der Waals surface area contributed by atoms with Crippen LogP contribution in [0.15, 0.2) is 24.3 Å². The largest absolute Gasteiger partial charge is 0.299 e. The molecule has 2 heterocycles. The van der Waals surface area contributed by atoms with Crippen molar-refractivity contribution in [1.29, 1.82) is 0 Å². The van der Waals surface area contributed by atoms with Crippen LogP contribution in [0.1, 0.15) is 87.7 Å². The molecular formula is C29H42FNO7S. The van der Waals surface area contributed by atoms with Gasteiger partial charge < -0.3 is 0 Å². The van der Waals surface area contributed by atoms with Gasteiger partial charge in [0.1, 0.15) is 6.17 Å². The fourth-order valence-electron chi connectivity index (χ4n) is 8.19. The van der Waals surface area contributed by atoms with Crippen LogP contribution < -0.4 is 0 Å². The van der Waals surface area contributed by atoms with Gasteiger partial charge in [0.05, 0.1) is 6.26 Å². The number of rotatable bonds is 3. The summed E-state index contributed by atoms with van der Waals surface area (Å²) in [7, 11) is -3.67. The lowest BCUT2D eigenvalue weighted by molar-refractivity contribution is -0.680. The molecule has 0 atom stereocenters. The first-order valence-corrected chi connectivity index (χ1v) is 16.6. The maximum atomic E-state index is 13.4. The van der Waals surface area contributed by atoms with Crippen molar-refractivity contribution >= 4 is 10.1 Å². The third kappa shape index (κ3) is 6.22. The van der Waals surface area contributed by atoms with Crippen molar-refractivity contribution < 1.29 is 36.9 Å². The molecule has 2 aliphatic heterocycles. The predicted octanol–water partition coefficient (Wildman–Crippen LogP) is 5.54. The fourth-order valence-corrected chi connectivity index (χ4v) is 8.19. The van der Waals surface area contributed by atoms with E-state index < -0.39 is 27.9 Å². The summed E-state index contributed by atoms with van der Waals surface area (Å²) in [4.78, 5) is 27.0. The minimum atomic E-state index is -3.67. The molecule has 10 heteroatoms. The maximum Gasteiger partial charge on any atom is 0.261 e. The van der Waals surface area contributed by atoms with E-state index in [-0.39, 0.29) is 0 Å². The van der Waals surface area contributed by atoms with Gasteiger partial charge >= 0.3 is 0 Å². The van der Waals surface area contributed by atoms with Gasteiger partial charge in [0.2, 0.25) is 11.6 Å². The van der Waals surface area contributed by atoms with E-state index in [0.717, 1.165) is 57.2 Å². The fraction of sp³-hybridized carbons (Fsp3) is 0.793. The Morgan fingerprint density at radius 3 is 1.90 bits per heavy atom. The van der Waals surface area contributed by atoms with E-state index in [0.29, 0.717) is 36.9 Å². The maximum absolute atomic E-state index is 13.4. The SMILES string of the molecule is CS(=O)(=O)O.FC1CCN(Cc2ccc(C3CCC4(CC3)OOC3(OO4)C4CC5CC(C4)CC3C5)cc2)CC1. The summed E-state index contributed by atoms with van der Waals surface area (Å²) in [5, 5.41) is 0. The second-order valence-corrected chi connectivity index (χ2v) is 14.4. The Labute approximate surface area is 231 Å². The van der Waals surface area contributed by atoms with Crippen molar-refractivity contribution in [2.45, 2.75) is 101 Å². The summed E-state index contributed by atoms with van der Waals surface area (Å²) < 4.78 is 39.3. The van der Waals surface area contributed by atoms with E-state index >= 15 is 0 Å². The Kier molecular flexibility index (Phi) is 7.85.